The van der Waals surface area contributed by atoms with Crippen LogP contribution in [0.4, 0.5) is 0 Å². The van der Waals surface area contributed by atoms with Crippen molar-refractivity contribution in [3.8, 4) is 0 Å². The van der Waals surface area contributed by atoms with Gasteiger partial charge in [0.15, 0.2) is 0 Å². The molecule has 2 N–H and O–H groups in total. The van der Waals surface area contributed by atoms with Crippen molar-refractivity contribution < 1.29 is 9.59 Å². The molecule has 25 heavy (non-hydrogen) atoms. The molecule has 1 atom stereocenters. The van der Waals surface area contributed by atoms with Crippen LogP contribution in [0, 0.1) is 0 Å². The van der Waals surface area contributed by atoms with Crippen molar-refractivity contribution in [2.75, 3.05) is 0 Å². The fraction of sp³-hybridized carbons (Fsp3) is 0.250. The van der Waals surface area contributed by atoms with Gasteiger partial charge < -0.3 is 10.6 Å². The fourth-order valence-electron chi connectivity index (χ4n) is 2.26. The van der Waals surface area contributed by atoms with Gasteiger partial charge in [-0.3, -0.25) is 14.6 Å². The second kappa shape index (κ2) is 8.78. The number of allylic oxidation sites excluding steroid dienone is 1. The van der Waals surface area contributed by atoms with Gasteiger partial charge in [0.2, 0.25) is 5.91 Å². The van der Waals surface area contributed by atoms with Crippen LogP contribution in [-0.2, 0) is 11.3 Å². The largest absolute Gasteiger partial charge is 0.348 e. The summed E-state index contributed by atoms with van der Waals surface area (Å²) in [6, 6.07) is 12.6. The molecule has 5 heteroatoms. The van der Waals surface area contributed by atoms with Gasteiger partial charge in [-0.05, 0) is 50.6 Å². The Labute approximate surface area is 148 Å². The lowest BCUT2D eigenvalue weighted by molar-refractivity contribution is -0.116. The van der Waals surface area contributed by atoms with Gasteiger partial charge in [0.05, 0.1) is 11.7 Å². The Morgan fingerprint density at radius 1 is 1.12 bits per heavy atom. The number of nitrogens with one attached hydrogen (secondary N) is 2. The third-order valence-corrected chi connectivity index (χ3v) is 3.58. The highest BCUT2D eigenvalue weighted by atomic mass is 16.2. The Balaban J connectivity index is 1.91. The van der Waals surface area contributed by atoms with E-state index in [0.717, 1.165) is 16.8 Å². The van der Waals surface area contributed by atoms with Crippen LogP contribution in [0.15, 0.2) is 60.3 Å². The number of amides is 2. The van der Waals surface area contributed by atoms with E-state index in [1.165, 1.54) is 0 Å². The third kappa shape index (κ3) is 5.88. The Morgan fingerprint density at radius 2 is 1.84 bits per heavy atom. The van der Waals surface area contributed by atoms with E-state index in [9.17, 15) is 9.59 Å². The average molecular weight is 337 g/mol. The number of hydrogen-bond donors (Lipinski definition) is 2. The molecule has 1 heterocycles. The first-order valence-electron chi connectivity index (χ1n) is 8.19. The molecule has 0 radical (unpaired) electrons. The quantitative estimate of drug-likeness (QED) is 0.796. The van der Waals surface area contributed by atoms with Crippen molar-refractivity contribution in [1.29, 1.82) is 0 Å². The lowest BCUT2D eigenvalue weighted by atomic mass is 10.1. The molecule has 1 aromatic carbocycles. The minimum atomic E-state index is -0.170. The summed E-state index contributed by atoms with van der Waals surface area (Å²) in [6.07, 6.45) is 3.26. The third-order valence-electron chi connectivity index (χ3n) is 3.58. The summed E-state index contributed by atoms with van der Waals surface area (Å²) in [5.74, 6) is -0.274. The summed E-state index contributed by atoms with van der Waals surface area (Å²) in [5, 5.41) is 5.73. The lowest BCUT2D eigenvalue weighted by Crippen LogP contribution is -2.27. The van der Waals surface area contributed by atoms with Gasteiger partial charge in [-0.25, -0.2) is 0 Å². The normalized spacial score (nSPS) is 11.3. The molecule has 0 fully saturated rings. The molecule has 2 rings (SSSR count). The average Bonchev–Trinajstić information content (AvgIpc) is 2.60. The number of benzene rings is 1. The summed E-state index contributed by atoms with van der Waals surface area (Å²) in [7, 11) is 0. The van der Waals surface area contributed by atoms with E-state index in [-0.39, 0.29) is 17.9 Å². The van der Waals surface area contributed by atoms with Crippen molar-refractivity contribution in [2.45, 2.75) is 33.4 Å². The Kier molecular flexibility index (Phi) is 6.46. The number of aromatic nitrogens is 1. The molecule has 2 amide bonds. The van der Waals surface area contributed by atoms with Crippen molar-refractivity contribution >= 4 is 11.8 Å². The van der Waals surface area contributed by atoms with Crippen LogP contribution in [0.3, 0.4) is 0 Å². The number of nitrogens with zero attached hydrogens (tertiary/aromatic N) is 1. The molecular weight excluding hydrogens is 314 g/mol. The van der Waals surface area contributed by atoms with Gasteiger partial charge in [0, 0.05) is 24.4 Å². The van der Waals surface area contributed by atoms with Crippen molar-refractivity contribution in [1.82, 2.24) is 15.6 Å². The van der Waals surface area contributed by atoms with E-state index in [1.54, 1.807) is 24.4 Å². The zero-order valence-electron chi connectivity index (χ0n) is 14.7. The summed E-state index contributed by atoms with van der Waals surface area (Å²) in [6.45, 7) is 6.07. The summed E-state index contributed by atoms with van der Waals surface area (Å²) >= 11 is 0. The van der Waals surface area contributed by atoms with Crippen LogP contribution in [-0.4, -0.2) is 16.8 Å². The number of hydrogen-bond acceptors (Lipinski definition) is 3. The molecule has 0 saturated heterocycles. The maximum Gasteiger partial charge on any atom is 0.251 e. The molecule has 0 aliphatic carbocycles. The zero-order valence-corrected chi connectivity index (χ0v) is 14.7. The van der Waals surface area contributed by atoms with Crippen LogP contribution >= 0.6 is 0 Å². The standard InChI is InChI=1S/C20H23N3O2/c1-14(2)12-19(24)22-13-16-7-9-17(10-8-16)20(25)23-15(3)18-6-4-5-11-21-18/h4-12,15H,13H2,1-3H3,(H,22,24)(H,23,25)/t15-/m1/s1. The van der Waals surface area contributed by atoms with Gasteiger partial charge in [-0.2, -0.15) is 0 Å². The SMILES string of the molecule is CC(C)=CC(=O)NCc1ccc(C(=O)N[C@H](C)c2ccccn2)cc1. The summed E-state index contributed by atoms with van der Waals surface area (Å²) < 4.78 is 0. The molecule has 0 bridgehead atoms. The lowest BCUT2D eigenvalue weighted by Gasteiger charge is -2.13. The molecule has 1 aromatic heterocycles. The molecule has 0 unspecified atom stereocenters. The molecule has 5 nitrogen and oxygen atoms in total. The van der Waals surface area contributed by atoms with Crippen molar-refractivity contribution in [3.05, 3.63) is 77.1 Å². The zero-order chi connectivity index (χ0) is 18.2. The molecule has 0 aliphatic rings. The minimum Gasteiger partial charge on any atom is -0.348 e. The first-order valence-corrected chi connectivity index (χ1v) is 8.19. The van der Waals surface area contributed by atoms with E-state index >= 15 is 0 Å². The second-order valence-electron chi connectivity index (χ2n) is 6.09. The molecule has 130 valence electrons. The fourth-order valence-corrected chi connectivity index (χ4v) is 2.26. The predicted octanol–water partition coefficient (Wildman–Crippen LogP) is 3.16. The molecule has 0 spiro atoms. The van der Waals surface area contributed by atoms with Crippen LogP contribution in [0.25, 0.3) is 0 Å². The molecular formula is C20H23N3O2. The summed E-state index contributed by atoms with van der Waals surface area (Å²) in [4.78, 5) is 28.2. The molecule has 0 saturated carbocycles. The Hall–Kier alpha value is -2.95. The Bertz CT molecular complexity index is 748. The maximum absolute atomic E-state index is 12.3. The minimum absolute atomic E-state index is 0.119. The molecule has 2 aromatic rings. The number of rotatable bonds is 6. The van der Waals surface area contributed by atoms with Gasteiger partial charge >= 0.3 is 0 Å². The van der Waals surface area contributed by atoms with E-state index in [4.69, 9.17) is 0 Å². The van der Waals surface area contributed by atoms with Crippen LogP contribution in [0.2, 0.25) is 0 Å². The maximum atomic E-state index is 12.3. The monoisotopic (exact) mass is 337 g/mol. The summed E-state index contributed by atoms with van der Waals surface area (Å²) in [5.41, 5.74) is 3.27. The van der Waals surface area contributed by atoms with Crippen LogP contribution in [0.1, 0.15) is 48.4 Å². The predicted molar refractivity (Wildman–Crippen MR) is 97.8 cm³/mol. The van der Waals surface area contributed by atoms with E-state index in [2.05, 4.69) is 15.6 Å². The first kappa shape index (κ1) is 18.4. The molecule has 0 aliphatic heterocycles. The van der Waals surface area contributed by atoms with Crippen LogP contribution < -0.4 is 10.6 Å². The van der Waals surface area contributed by atoms with Gasteiger partial charge in [-0.15, -0.1) is 0 Å². The van der Waals surface area contributed by atoms with Crippen molar-refractivity contribution in [2.24, 2.45) is 0 Å². The van der Waals surface area contributed by atoms with Gasteiger partial charge in [0.25, 0.3) is 5.91 Å². The van der Waals surface area contributed by atoms with Gasteiger partial charge in [0.1, 0.15) is 0 Å². The van der Waals surface area contributed by atoms with E-state index in [1.807, 2.05) is 51.1 Å². The van der Waals surface area contributed by atoms with E-state index in [0.29, 0.717) is 12.1 Å². The highest BCUT2D eigenvalue weighted by Crippen LogP contribution is 2.10. The number of carbonyl (C=O) groups is 2. The van der Waals surface area contributed by atoms with Crippen molar-refractivity contribution in [3.63, 3.8) is 0 Å². The van der Waals surface area contributed by atoms with Crippen LogP contribution in [0.5, 0.6) is 0 Å². The van der Waals surface area contributed by atoms with Gasteiger partial charge in [-0.1, -0.05) is 23.8 Å². The first-order chi connectivity index (χ1) is 12.0. The highest BCUT2D eigenvalue weighted by Gasteiger charge is 2.12. The highest BCUT2D eigenvalue weighted by molar-refractivity contribution is 5.94. The smallest absolute Gasteiger partial charge is 0.251 e. The second-order valence-corrected chi connectivity index (χ2v) is 6.09. The number of pyridine rings is 1. The number of carbonyl (C=O) groups excluding carboxylic acids is 2. The Morgan fingerprint density at radius 3 is 2.44 bits per heavy atom. The van der Waals surface area contributed by atoms with E-state index < -0.39 is 0 Å². The topological polar surface area (TPSA) is 71.1 Å².